The lowest BCUT2D eigenvalue weighted by molar-refractivity contribution is -0.118. The summed E-state index contributed by atoms with van der Waals surface area (Å²) >= 11 is 0. The minimum absolute atomic E-state index is 0.167. The molecule has 7 nitrogen and oxygen atoms in total. The smallest absolute Gasteiger partial charge is 0.251 e. The summed E-state index contributed by atoms with van der Waals surface area (Å²) in [7, 11) is 0. The number of hydrogen-bond acceptors (Lipinski definition) is 5. The van der Waals surface area contributed by atoms with Crippen molar-refractivity contribution in [3.05, 3.63) is 53.8 Å². The normalized spacial score (nSPS) is 14.7. The lowest BCUT2D eigenvalue weighted by atomic mass is 10.0. The van der Waals surface area contributed by atoms with Crippen LogP contribution in [0.3, 0.4) is 0 Å². The highest BCUT2D eigenvalue weighted by Gasteiger charge is 2.25. The van der Waals surface area contributed by atoms with E-state index in [2.05, 4.69) is 10.6 Å². The van der Waals surface area contributed by atoms with Gasteiger partial charge in [0.1, 0.15) is 17.6 Å². The molecule has 1 atom stereocenters. The number of carbonyl (C=O) groups is 2. The van der Waals surface area contributed by atoms with Gasteiger partial charge in [-0.1, -0.05) is 13.8 Å². The number of nitrogens with zero attached hydrogens (tertiary/aromatic N) is 1. The summed E-state index contributed by atoms with van der Waals surface area (Å²) in [4.78, 5) is 27.4. The molecule has 1 fully saturated rings. The van der Waals surface area contributed by atoms with Gasteiger partial charge in [-0.3, -0.25) is 9.59 Å². The lowest BCUT2D eigenvalue weighted by Gasteiger charge is -2.29. The first-order chi connectivity index (χ1) is 15.4. The van der Waals surface area contributed by atoms with Crippen LogP contribution in [0.15, 0.2) is 42.5 Å². The number of benzene rings is 2. The lowest BCUT2D eigenvalue weighted by Crippen LogP contribution is -2.47. The highest BCUT2D eigenvalue weighted by atomic mass is 19.1. The molecule has 1 saturated heterocycles. The van der Waals surface area contributed by atoms with Gasteiger partial charge in [-0.05, 0) is 55.3 Å². The summed E-state index contributed by atoms with van der Waals surface area (Å²) in [5.41, 5.74) is 1.24. The third kappa shape index (κ3) is 5.97. The summed E-state index contributed by atoms with van der Waals surface area (Å²) in [5.74, 6) is -0.679. The van der Waals surface area contributed by atoms with Crippen LogP contribution in [0.4, 0.5) is 15.8 Å². The van der Waals surface area contributed by atoms with Crippen molar-refractivity contribution in [2.75, 3.05) is 43.1 Å². The average molecular weight is 444 g/mol. The van der Waals surface area contributed by atoms with Gasteiger partial charge in [0.15, 0.2) is 0 Å². The molecular weight excluding hydrogens is 413 g/mol. The predicted molar refractivity (Wildman–Crippen MR) is 122 cm³/mol. The Morgan fingerprint density at radius 3 is 2.41 bits per heavy atom. The molecule has 0 bridgehead atoms. The molecule has 172 valence electrons. The molecule has 8 heteroatoms. The SMILES string of the molecule is CCOc1ccc(C(=O)NC(C(=O)Nc2ccc(N3CCOCC3)c(F)c2)C(C)C)cc1. The van der Waals surface area contributed by atoms with Crippen LogP contribution in [0.1, 0.15) is 31.1 Å². The molecule has 1 heterocycles. The Hall–Kier alpha value is -3.13. The Bertz CT molecular complexity index is 927. The number of ether oxygens (including phenoxy) is 2. The predicted octanol–water partition coefficient (Wildman–Crippen LogP) is 3.45. The van der Waals surface area contributed by atoms with Gasteiger partial charge >= 0.3 is 0 Å². The Morgan fingerprint density at radius 1 is 1.12 bits per heavy atom. The molecule has 1 aliphatic heterocycles. The van der Waals surface area contributed by atoms with Crippen molar-refractivity contribution >= 4 is 23.2 Å². The van der Waals surface area contributed by atoms with Crippen LogP contribution in [0.5, 0.6) is 5.75 Å². The summed E-state index contributed by atoms with van der Waals surface area (Å²) in [5, 5.41) is 5.49. The van der Waals surface area contributed by atoms with Gasteiger partial charge in [-0.25, -0.2) is 4.39 Å². The fraction of sp³-hybridized carbons (Fsp3) is 0.417. The van der Waals surface area contributed by atoms with E-state index in [9.17, 15) is 14.0 Å². The van der Waals surface area contributed by atoms with E-state index in [1.54, 1.807) is 36.4 Å². The number of hydrogen-bond donors (Lipinski definition) is 2. The van der Waals surface area contributed by atoms with E-state index < -0.39 is 17.8 Å². The number of carbonyl (C=O) groups excluding carboxylic acids is 2. The average Bonchev–Trinajstić information content (AvgIpc) is 2.78. The van der Waals surface area contributed by atoms with Crippen molar-refractivity contribution in [1.82, 2.24) is 5.32 Å². The zero-order valence-corrected chi connectivity index (χ0v) is 18.7. The van der Waals surface area contributed by atoms with E-state index in [0.29, 0.717) is 55.6 Å². The zero-order chi connectivity index (χ0) is 23.1. The van der Waals surface area contributed by atoms with Gasteiger partial charge in [-0.15, -0.1) is 0 Å². The number of morpholine rings is 1. The monoisotopic (exact) mass is 443 g/mol. The Morgan fingerprint density at radius 2 is 1.81 bits per heavy atom. The van der Waals surface area contributed by atoms with Crippen LogP contribution in [0.2, 0.25) is 0 Å². The summed E-state index contributed by atoms with van der Waals surface area (Å²) in [6.45, 7) is 8.45. The van der Waals surface area contributed by atoms with Crippen molar-refractivity contribution in [2.45, 2.75) is 26.8 Å². The van der Waals surface area contributed by atoms with E-state index in [1.165, 1.54) is 6.07 Å². The van der Waals surface area contributed by atoms with E-state index in [4.69, 9.17) is 9.47 Å². The second-order valence-electron chi connectivity index (χ2n) is 7.91. The van der Waals surface area contributed by atoms with E-state index >= 15 is 0 Å². The van der Waals surface area contributed by atoms with E-state index in [1.807, 2.05) is 25.7 Å². The zero-order valence-electron chi connectivity index (χ0n) is 18.7. The summed E-state index contributed by atoms with van der Waals surface area (Å²) in [6, 6.07) is 10.6. The maximum Gasteiger partial charge on any atom is 0.251 e. The first-order valence-corrected chi connectivity index (χ1v) is 10.9. The summed E-state index contributed by atoms with van der Waals surface area (Å²) < 4.78 is 25.3. The topological polar surface area (TPSA) is 79.9 Å². The molecular formula is C24H30FN3O4. The maximum absolute atomic E-state index is 14.6. The summed E-state index contributed by atoms with van der Waals surface area (Å²) in [6.07, 6.45) is 0. The molecule has 0 saturated carbocycles. The number of nitrogens with one attached hydrogen (secondary N) is 2. The van der Waals surface area contributed by atoms with Gasteiger partial charge in [0, 0.05) is 24.3 Å². The highest BCUT2D eigenvalue weighted by Crippen LogP contribution is 2.24. The van der Waals surface area contributed by atoms with Crippen LogP contribution in [-0.4, -0.2) is 50.8 Å². The van der Waals surface area contributed by atoms with Gasteiger partial charge in [0.05, 0.1) is 25.5 Å². The number of anilines is 2. The van der Waals surface area contributed by atoms with Crippen LogP contribution in [0.25, 0.3) is 0 Å². The number of amides is 2. The van der Waals surface area contributed by atoms with E-state index in [-0.39, 0.29) is 11.8 Å². The van der Waals surface area contributed by atoms with Crippen molar-refractivity contribution in [3.63, 3.8) is 0 Å². The van der Waals surface area contributed by atoms with Gasteiger partial charge in [0.25, 0.3) is 5.91 Å². The van der Waals surface area contributed by atoms with Crippen molar-refractivity contribution in [3.8, 4) is 5.75 Å². The maximum atomic E-state index is 14.6. The molecule has 1 aliphatic rings. The van der Waals surface area contributed by atoms with Crippen molar-refractivity contribution < 1.29 is 23.5 Å². The highest BCUT2D eigenvalue weighted by molar-refractivity contribution is 6.01. The molecule has 0 aromatic heterocycles. The fourth-order valence-corrected chi connectivity index (χ4v) is 3.49. The third-order valence-electron chi connectivity index (χ3n) is 5.23. The Kier molecular flexibility index (Phi) is 8.05. The van der Waals surface area contributed by atoms with Crippen molar-refractivity contribution in [1.29, 1.82) is 0 Å². The molecule has 2 N–H and O–H groups in total. The first-order valence-electron chi connectivity index (χ1n) is 10.9. The molecule has 2 aromatic rings. The van der Waals surface area contributed by atoms with Gasteiger partial charge in [0.2, 0.25) is 5.91 Å². The molecule has 2 amide bonds. The first kappa shape index (κ1) is 23.5. The molecule has 0 spiro atoms. The standard InChI is InChI=1S/C24H30FN3O4/c1-4-32-19-8-5-17(6-9-19)23(29)27-22(16(2)3)24(30)26-18-7-10-21(20(25)15-18)28-11-13-31-14-12-28/h5-10,15-16,22H,4,11-14H2,1-3H3,(H,26,30)(H,27,29). The Labute approximate surface area is 187 Å². The Balaban J connectivity index is 1.65. The fourth-order valence-electron chi connectivity index (χ4n) is 3.49. The quantitative estimate of drug-likeness (QED) is 0.653. The van der Waals surface area contributed by atoms with Crippen LogP contribution in [0, 0.1) is 11.7 Å². The second-order valence-corrected chi connectivity index (χ2v) is 7.91. The van der Waals surface area contributed by atoms with Gasteiger partial charge in [-0.2, -0.15) is 0 Å². The van der Waals surface area contributed by atoms with Crippen LogP contribution in [-0.2, 0) is 9.53 Å². The number of halogens is 1. The molecule has 0 radical (unpaired) electrons. The molecule has 1 unspecified atom stereocenters. The van der Waals surface area contributed by atoms with Crippen LogP contribution >= 0.6 is 0 Å². The largest absolute Gasteiger partial charge is 0.494 e. The minimum atomic E-state index is -0.781. The van der Waals surface area contributed by atoms with E-state index in [0.717, 1.165) is 0 Å². The third-order valence-corrected chi connectivity index (χ3v) is 5.23. The molecule has 2 aromatic carbocycles. The van der Waals surface area contributed by atoms with Crippen LogP contribution < -0.4 is 20.3 Å². The number of rotatable bonds is 8. The second kappa shape index (κ2) is 10.9. The minimum Gasteiger partial charge on any atom is -0.494 e. The van der Waals surface area contributed by atoms with Gasteiger partial charge < -0.3 is 25.0 Å². The van der Waals surface area contributed by atoms with Crippen molar-refractivity contribution in [2.24, 2.45) is 5.92 Å². The molecule has 0 aliphatic carbocycles. The molecule has 3 rings (SSSR count). The molecule has 32 heavy (non-hydrogen) atoms.